The molecule has 2 N–H and O–H groups in total. The Kier molecular flexibility index (Phi) is 4.87. The van der Waals surface area contributed by atoms with Crippen molar-refractivity contribution in [1.82, 2.24) is 0 Å². The van der Waals surface area contributed by atoms with Crippen LogP contribution >= 0.6 is 11.6 Å². The van der Waals surface area contributed by atoms with Crippen LogP contribution in [0.25, 0.3) is 0 Å². The van der Waals surface area contributed by atoms with Gasteiger partial charge in [-0.15, -0.1) is 0 Å². The van der Waals surface area contributed by atoms with E-state index in [0.717, 1.165) is 42.4 Å². The third-order valence-electron chi connectivity index (χ3n) is 3.06. The van der Waals surface area contributed by atoms with E-state index in [2.05, 4.69) is 0 Å². The van der Waals surface area contributed by atoms with Crippen molar-refractivity contribution in [2.24, 2.45) is 11.7 Å². The fraction of sp³-hybridized carbons (Fsp3) is 0.571. The van der Waals surface area contributed by atoms with Gasteiger partial charge in [-0.25, -0.2) is 0 Å². The van der Waals surface area contributed by atoms with Gasteiger partial charge in [-0.05, 0) is 43.5 Å². The monoisotopic (exact) mass is 269 g/mol. The van der Waals surface area contributed by atoms with Crippen LogP contribution in [-0.4, -0.2) is 25.9 Å². The van der Waals surface area contributed by atoms with Gasteiger partial charge in [0.1, 0.15) is 5.75 Å². The van der Waals surface area contributed by atoms with Gasteiger partial charge in [0, 0.05) is 23.6 Å². The van der Waals surface area contributed by atoms with Crippen molar-refractivity contribution in [3.63, 3.8) is 0 Å². The Labute approximate surface area is 113 Å². The molecule has 0 aromatic heterocycles. The Bertz CT molecular complexity index is 389. The maximum atomic E-state index is 6.01. The molecule has 1 aromatic rings. The molecule has 0 amide bonds. The molecular weight excluding hydrogens is 250 g/mol. The van der Waals surface area contributed by atoms with Crippen LogP contribution in [0.5, 0.6) is 5.75 Å². The molecule has 4 heteroatoms. The van der Waals surface area contributed by atoms with Crippen LogP contribution < -0.4 is 10.5 Å². The van der Waals surface area contributed by atoms with Gasteiger partial charge in [0.2, 0.25) is 0 Å². The molecule has 0 bridgehead atoms. The Hall–Kier alpha value is -0.770. The van der Waals surface area contributed by atoms with Gasteiger partial charge in [-0.3, -0.25) is 0 Å². The van der Waals surface area contributed by atoms with Crippen LogP contribution in [0.2, 0.25) is 5.02 Å². The molecule has 1 saturated heterocycles. The maximum absolute atomic E-state index is 6.01. The minimum absolute atomic E-state index is 0.0978. The molecule has 18 heavy (non-hydrogen) atoms. The van der Waals surface area contributed by atoms with Gasteiger partial charge in [0.15, 0.2) is 0 Å². The maximum Gasteiger partial charge on any atom is 0.122 e. The first-order valence-electron chi connectivity index (χ1n) is 6.39. The highest BCUT2D eigenvalue weighted by Crippen LogP contribution is 2.25. The molecular formula is C14H20ClNO2. The summed E-state index contributed by atoms with van der Waals surface area (Å²) in [7, 11) is 0. The number of benzene rings is 1. The first kappa shape index (κ1) is 13.7. The largest absolute Gasteiger partial charge is 0.493 e. The summed E-state index contributed by atoms with van der Waals surface area (Å²) in [5.74, 6) is 1.40. The van der Waals surface area contributed by atoms with Crippen LogP contribution in [0.1, 0.15) is 18.9 Å². The zero-order valence-corrected chi connectivity index (χ0v) is 11.5. The van der Waals surface area contributed by atoms with Gasteiger partial charge in [0.25, 0.3) is 0 Å². The molecule has 1 fully saturated rings. The molecule has 2 unspecified atom stereocenters. The van der Waals surface area contributed by atoms with Crippen molar-refractivity contribution in [3.8, 4) is 5.75 Å². The topological polar surface area (TPSA) is 44.5 Å². The number of hydrogen-bond acceptors (Lipinski definition) is 3. The first-order valence-corrected chi connectivity index (χ1v) is 6.77. The predicted octanol–water partition coefficient (Wildman–Crippen LogP) is 2.65. The standard InChI is InChI=1S/C14H20ClNO2/c1-10(16)6-12-7-13(15)2-3-14(12)18-9-11-4-5-17-8-11/h2-3,7,10-11H,4-6,8-9,16H2,1H3. The molecule has 0 spiro atoms. The third kappa shape index (κ3) is 3.87. The van der Waals surface area contributed by atoms with E-state index in [-0.39, 0.29) is 6.04 Å². The fourth-order valence-corrected chi connectivity index (χ4v) is 2.31. The van der Waals surface area contributed by atoms with Gasteiger partial charge >= 0.3 is 0 Å². The molecule has 0 aliphatic carbocycles. The van der Waals surface area contributed by atoms with Crippen LogP contribution in [0, 0.1) is 5.92 Å². The number of halogens is 1. The second-order valence-electron chi connectivity index (χ2n) is 4.97. The normalized spacial score (nSPS) is 20.9. The SMILES string of the molecule is CC(N)Cc1cc(Cl)ccc1OCC1CCOC1. The van der Waals surface area contributed by atoms with Gasteiger partial charge < -0.3 is 15.2 Å². The van der Waals surface area contributed by atoms with E-state index in [0.29, 0.717) is 12.5 Å². The van der Waals surface area contributed by atoms with Gasteiger partial charge in [-0.2, -0.15) is 0 Å². The molecule has 1 aliphatic rings. The minimum atomic E-state index is 0.0978. The minimum Gasteiger partial charge on any atom is -0.493 e. The van der Waals surface area contributed by atoms with Gasteiger partial charge in [-0.1, -0.05) is 11.6 Å². The van der Waals surface area contributed by atoms with Crippen LogP contribution in [-0.2, 0) is 11.2 Å². The highest BCUT2D eigenvalue weighted by Gasteiger charge is 2.17. The van der Waals surface area contributed by atoms with Crippen molar-refractivity contribution in [1.29, 1.82) is 0 Å². The van der Waals surface area contributed by atoms with Crippen molar-refractivity contribution < 1.29 is 9.47 Å². The Balaban J connectivity index is 2.00. The summed E-state index contributed by atoms with van der Waals surface area (Å²) in [6, 6.07) is 5.81. The van der Waals surface area contributed by atoms with Crippen molar-refractivity contribution in [2.75, 3.05) is 19.8 Å². The van der Waals surface area contributed by atoms with Crippen molar-refractivity contribution >= 4 is 11.6 Å². The number of rotatable bonds is 5. The number of ether oxygens (including phenoxy) is 2. The average molecular weight is 270 g/mol. The number of nitrogens with two attached hydrogens (primary N) is 1. The van der Waals surface area contributed by atoms with Gasteiger partial charge in [0.05, 0.1) is 13.2 Å². The van der Waals surface area contributed by atoms with E-state index < -0.39 is 0 Å². The molecule has 2 atom stereocenters. The Morgan fingerprint density at radius 1 is 1.56 bits per heavy atom. The zero-order valence-electron chi connectivity index (χ0n) is 10.7. The summed E-state index contributed by atoms with van der Waals surface area (Å²) in [6.45, 7) is 4.33. The van der Waals surface area contributed by atoms with E-state index in [9.17, 15) is 0 Å². The summed E-state index contributed by atoms with van der Waals surface area (Å²) in [5.41, 5.74) is 6.92. The quantitative estimate of drug-likeness (QED) is 0.894. The lowest BCUT2D eigenvalue weighted by Gasteiger charge is -2.15. The van der Waals surface area contributed by atoms with Crippen molar-refractivity contribution in [2.45, 2.75) is 25.8 Å². The lowest BCUT2D eigenvalue weighted by atomic mass is 10.1. The predicted molar refractivity (Wildman–Crippen MR) is 73.2 cm³/mol. The van der Waals surface area contributed by atoms with E-state index >= 15 is 0 Å². The zero-order chi connectivity index (χ0) is 13.0. The molecule has 2 rings (SSSR count). The van der Waals surface area contributed by atoms with E-state index in [4.69, 9.17) is 26.8 Å². The lowest BCUT2D eigenvalue weighted by molar-refractivity contribution is 0.166. The molecule has 1 aromatic carbocycles. The van der Waals surface area contributed by atoms with Crippen molar-refractivity contribution in [3.05, 3.63) is 28.8 Å². The average Bonchev–Trinajstić information content (AvgIpc) is 2.80. The highest BCUT2D eigenvalue weighted by molar-refractivity contribution is 6.30. The van der Waals surface area contributed by atoms with E-state index in [1.165, 1.54) is 0 Å². The Morgan fingerprint density at radius 2 is 2.39 bits per heavy atom. The van der Waals surface area contributed by atoms with Crippen LogP contribution in [0.3, 0.4) is 0 Å². The third-order valence-corrected chi connectivity index (χ3v) is 3.30. The van der Waals surface area contributed by atoms with Crippen LogP contribution in [0.4, 0.5) is 0 Å². The molecule has 100 valence electrons. The summed E-state index contributed by atoms with van der Waals surface area (Å²) in [6.07, 6.45) is 1.85. The highest BCUT2D eigenvalue weighted by atomic mass is 35.5. The second-order valence-corrected chi connectivity index (χ2v) is 5.41. The summed E-state index contributed by atoms with van der Waals surface area (Å²) in [5, 5.41) is 0.724. The molecule has 0 radical (unpaired) electrons. The lowest BCUT2D eigenvalue weighted by Crippen LogP contribution is -2.19. The molecule has 3 nitrogen and oxygen atoms in total. The van der Waals surface area contributed by atoms with Crippen LogP contribution in [0.15, 0.2) is 18.2 Å². The smallest absolute Gasteiger partial charge is 0.122 e. The summed E-state index contributed by atoms with van der Waals surface area (Å²) >= 11 is 6.01. The number of hydrogen-bond donors (Lipinski definition) is 1. The summed E-state index contributed by atoms with van der Waals surface area (Å²) in [4.78, 5) is 0. The summed E-state index contributed by atoms with van der Waals surface area (Å²) < 4.78 is 11.2. The first-order chi connectivity index (χ1) is 8.65. The molecule has 0 saturated carbocycles. The van der Waals surface area contributed by atoms with E-state index in [1.807, 2.05) is 25.1 Å². The fourth-order valence-electron chi connectivity index (χ4n) is 2.12. The second kappa shape index (κ2) is 6.41. The van der Waals surface area contributed by atoms with E-state index in [1.54, 1.807) is 0 Å². The Morgan fingerprint density at radius 3 is 3.06 bits per heavy atom. The molecule has 1 aliphatic heterocycles. The molecule has 1 heterocycles.